The third-order valence-corrected chi connectivity index (χ3v) is 3.30. The maximum atomic E-state index is 11.9. The molecule has 0 aliphatic rings. The van der Waals surface area contributed by atoms with E-state index in [0.717, 1.165) is 15.2 Å². The van der Waals surface area contributed by atoms with Crippen LogP contribution < -0.4 is 0 Å². The second-order valence-electron chi connectivity index (χ2n) is 5.33. The Morgan fingerprint density at radius 1 is 1.24 bits per heavy atom. The zero-order valence-electron chi connectivity index (χ0n) is 11.2. The van der Waals surface area contributed by atoms with E-state index in [1.807, 2.05) is 39.0 Å². The van der Waals surface area contributed by atoms with Crippen LogP contribution in [-0.2, 0) is 0 Å². The molecule has 0 saturated heterocycles. The Hall–Kier alpha value is -0.960. The van der Waals surface area contributed by atoms with E-state index in [1.54, 1.807) is 18.0 Å². The molecule has 1 aromatic carbocycles. The minimum atomic E-state index is -0.393. The summed E-state index contributed by atoms with van der Waals surface area (Å²) < 4.78 is 1.02. The van der Waals surface area contributed by atoms with Gasteiger partial charge in [0.05, 0.1) is 5.56 Å². The third-order valence-electron chi connectivity index (χ3n) is 2.20. The molecule has 0 aliphatic carbocycles. The largest absolute Gasteiger partial charge is 0.623 e. The number of benzene rings is 1. The summed E-state index contributed by atoms with van der Waals surface area (Å²) in [5.41, 5.74) is 0.603. The van der Waals surface area contributed by atoms with Crippen molar-refractivity contribution in [1.82, 2.24) is 0 Å². The van der Waals surface area contributed by atoms with E-state index >= 15 is 0 Å². The molecule has 0 spiro atoms. The highest BCUT2D eigenvalue weighted by molar-refractivity contribution is 8.00. The summed E-state index contributed by atoms with van der Waals surface area (Å²) in [5.74, 6) is 0. The van der Waals surface area contributed by atoms with Crippen molar-refractivity contribution in [3.05, 3.63) is 35.0 Å². The molecule has 0 aliphatic heterocycles. The first kappa shape index (κ1) is 14.1. The molecule has 0 fully saturated rings. The molecule has 0 atom stereocenters. The average Bonchev–Trinajstić information content (AvgIpc) is 2.18. The van der Waals surface area contributed by atoms with E-state index in [-0.39, 0.29) is 0 Å². The van der Waals surface area contributed by atoms with Gasteiger partial charge in [-0.05, 0) is 12.1 Å². The monoisotopic (exact) mass is 251 g/mol. The number of thioether (sulfide) groups is 1. The third kappa shape index (κ3) is 4.43. The van der Waals surface area contributed by atoms with Crippen LogP contribution in [0.1, 0.15) is 40.2 Å². The fourth-order valence-electron chi connectivity index (χ4n) is 1.27. The highest BCUT2D eigenvalue weighted by Gasteiger charge is 2.18. The van der Waals surface area contributed by atoms with Gasteiger partial charge in [-0.3, -0.25) is 0 Å². The molecule has 0 N–H and O–H groups in total. The lowest BCUT2D eigenvalue weighted by Gasteiger charge is -2.19. The van der Waals surface area contributed by atoms with Crippen molar-refractivity contribution < 1.29 is 4.74 Å². The number of hydrogen-bond donors (Lipinski definition) is 0. The second kappa shape index (κ2) is 5.58. The molecule has 0 saturated carbocycles. The van der Waals surface area contributed by atoms with Crippen LogP contribution in [0.4, 0.5) is 0 Å². The van der Waals surface area contributed by atoms with Gasteiger partial charge >= 0.3 is 0 Å². The van der Waals surface area contributed by atoms with Gasteiger partial charge in [0.15, 0.2) is 11.8 Å². The quantitative estimate of drug-likeness (QED) is 0.267. The smallest absolute Gasteiger partial charge is 0.183 e. The van der Waals surface area contributed by atoms with Gasteiger partial charge in [-0.2, -0.15) is 0 Å². The Morgan fingerprint density at radius 2 is 1.82 bits per heavy atom. The van der Waals surface area contributed by atoms with E-state index < -0.39 is 5.54 Å². The van der Waals surface area contributed by atoms with Crippen molar-refractivity contribution in [3.8, 4) is 0 Å². The summed E-state index contributed by atoms with van der Waals surface area (Å²) in [6.45, 7) is 10.0. The minimum absolute atomic E-state index is 0.393. The maximum Gasteiger partial charge on any atom is 0.183 e. The van der Waals surface area contributed by atoms with Gasteiger partial charge in [0, 0.05) is 30.9 Å². The molecule has 1 rings (SSSR count). The number of hydroxylamine groups is 1. The van der Waals surface area contributed by atoms with Crippen LogP contribution in [0, 0.1) is 5.21 Å². The number of rotatable bonds is 3. The Labute approximate surface area is 108 Å². The molecule has 0 unspecified atom stereocenters. The Morgan fingerprint density at radius 3 is 2.35 bits per heavy atom. The lowest BCUT2D eigenvalue weighted by molar-refractivity contribution is -0.530. The lowest BCUT2D eigenvalue weighted by Crippen LogP contribution is -2.29. The zero-order chi connectivity index (χ0) is 13.1. The molecule has 0 amide bonds. The molecule has 3 heteroatoms. The van der Waals surface area contributed by atoms with Gasteiger partial charge in [0.1, 0.15) is 0 Å². The Balaban J connectivity index is 3.06. The van der Waals surface area contributed by atoms with Gasteiger partial charge < -0.3 is 5.21 Å². The van der Waals surface area contributed by atoms with Gasteiger partial charge in [0.2, 0.25) is 0 Å². The van der Waals surface area contributed by atoms with Gasteiger partial charge in [0.25, 0.3) is 0 Å². The van der Waals surface area contributed by atoms with Crippen molar-refractivity contribution in [1.29, 1.82) is 0 Å². The molecule has 94 valence electrons. The lowest BCUT2D eigenvalue weighted by atomic mass is 10.1. The van der Waals surface area contributed by atoms with Crippen LogP contribution in [0.25, 0.3) is 0 Å². The van der Waals surface area contributed by atoms with Gasteiger partial charge in [-0.1, -0.05) is 26.0 Å². The summed E-state index contributed by atoms with van der Waals surface area (Å²) in [5, 5.41) is 12.4. The van der Waals surface area contributed by atoms with E-state index in [4.69, 9.17) is 0 Å². The zero-order valence-corrected chi connectivity index (χ0v) is 12.0. The first-order valence-corrected chi connectivity index (χ1v) is 6.75. The molecule has 17 heavy (non-hydrogen) atoms. The Bertz CT molecular complexity index is 405. The van der Waals surface area contributed by atoms with Crippen molar-refractivity contribution in [3.63, 3.8) is 0 Å². The summed E-state index contributed by atoms with van der Waals surface area (Å²) >= 11 is 1.78. The molecule has 0 aromatic heterocycles. The van der Waals surface area contributed by atoms with Crippen molar-refractivity contribution >= 4 is 18.0 Å². The van der Waals surface area contributed by atoms with Crippen LogP contribution in [0.5, 0.6) is 0 Å². The van der Waals surface area contributed by atoms with Crippen LogP contribution >= 0.6 is 11.8 Å². The van der Waals surface area contributed by atoms with Crippen molar-refractivity contribution in [2.24, 2.45) is 0 Å². The topological polar surface area (TPSA) is 26.1 Å². The summed E-state index contributed by atoms with van der Waals surface area (Å²) in [6, 6.07) is 8.02. The summed E-state index contributed by atoms with van der Waals surface area (Å²) in [4.78, 5) is 1.16. The van der Waals surface area contributed by atoms with Crippen molar-refractivity contribution in [2.75, 3.05) is 0 Å². The minimum Gasteiger partial charge on any atom is -0.623 e. The summed E-state index contributed by atoms with van der Waals surface area (Å²) in [7, 11) is 0. The number of nitrogens with zero attached hydrogens (tertiary/aromatic N) is 1. The molecule has 2 nitrogen and oxygen atoms in total. The van der Waals surface area contributed by atoms with Crippen LogP contribution in [0.3, 0.4) is 0 Å². The maximum absolute atomic E-state index is 11.9. The first-order valence-electron chi connectivity index (χ1n) is 5.87. The predicted octanol–water partition coefficient (Wildman–Crippen LogP) is 3.91. The van der Waals surface area contributed by atoms with Crippen LogP contribution in [0.15, 0.2) is 29.2 Å². The van der Waals surface area contributed by atoms with E-state index in [0.29, 0.717) is 5.25 Å². The molecule has 0 radical (unpaired) electrons. The predicted molar refractivity (Wildman–Crippen MR) is 76.0 cm³/mol. The second-order valence-corrected chi connectivity index (χ2v) is 6.95. The summed E-state index contributed by atoms with van der Waals surface area (Å²) in [6.07, 6.45) is 1.69. The van der Waals surface area contributed by atoms with E-state index in [2.05, 4.69) is 19.9 Å². The highest BCUT2D eigenvalue weighted by atomic mass is 32.2. The molecular weight excluding hydrogens is 230 g/mol. The van der Waals surface area contributed by atoms with Crippen LogP contribution in [-0.4, -0.2) is 21.7 Å². The Kier molecular flexibility index (Phi) is 4.63. The van der Waals surface area contributed by atoms with Gasteiger partial charge in [-0.15, -0.1) is 11.8 Å². The number of hydrogen-bond acceptors (Lipinski definition) is 2. The molecule has 0 bridgehead atoms. The van der Waals surface area contributed by atoms with E-state index in [1.165, 1.54) is 0 Å². The molecule has 1 aromatic rings. The first-order chi connectivity index (χ1) is 7.80. The molecular formula is C14H21NOS. The van der Waals surface area contributed by atoms with Crippen molar-refractivity contribution in [2.45, 2.75) is 50.3 Å². The SMILES string of the molecule is CC(C)Sc1ccccc1C=[N+]([O-])C(C)(C)C. The fraction of sp³-hybridized carbons (Fsp3) is 0.500. The standard InChI is InChI=1S/C14H21NOS/c1-11(2)17-13-9-7-6-8-12(13)10-15(16)14(3,4)5/h6-11H,1-5H3. The van der Waals surface area contributed by atoms with E-state index in [9.17, 15) is 5.21 Å². The molecule has 0 heterocycles. The highest BCUT2D eigenvalue weighted by Crippen LogP contribution is 2.25. The van der Waals surface area contributed by atoms with Gasteiger partial charge in [-0.25, -0.2) is 4.74 Å². The average molecular weight is 251 g/mol. The van der Waals surface area contributed by atoms with Crippen LogP contribution in [0.2, 0.25) is 0 Å². The fourth-order valence-corrected chi connectivity index (χ4v) is 2.19. The normalized spacial score (nSPS) is 13.2.